The van der Waals surface area contributed by atoms with Gasteiger partial charge in [-0.25, -0.2) is 4.98 Å². The first-order valence-electron chi connectivity index (χ1n) is 21.1. The molecule has 0 amide bonds. The molecule has 0 unspecified atom stereocenters. The molecule has 2 aromatic heterocycles. The number of aryl methyl sites for hydroxylation is 1. The van der Waals surface area contributed by atoms with Gasteiger partial charge >= 0.3 is 0 Å². The second-order valence-electron chi connectivity index (χ2n) is 20.4. The second-order valence-corrected chi connectivity index (χ2v) is 31.2. The van der Waals surface area contributed by atoms with Crippen LogP contribution in [0, 0.1) is 53.9 Å². The molecule has 0 atom stereocenters. The SMILES string of the molecule is CC(C)C(C(=O)/C=C(\O)C(C(C)C)C(C)C)C(C)C.Cc1c([Si](C)(C)c2ccc(CC(C)(C)C)cc2)sc2c(-c3[c-]c4ccccc4c([Si](C)(C)C)c3)ncnc12.[Ir]. The number of aromatic nitrogens is 2. The van der Waals surface area contributed by atoms with Crippen LogP contribution < -0.4 is 14.9 Å². The molecule has 2 heterocycles. The summed E-state index contributed by atoms with van der Waals surface area (Å²) in [6.07, 6.45) is 4.32. The topological polar surface area (TPSA) is 63.1 Å². The average Bonchev–Trinajstić information content (AvgIpc) is 3.43. The van der Waals surface area contributed by atoms with Gasteiger partial charge in [0.1, 0.15) is 14.4 Å². The molecule has 0 spiro atoms. The Hall–Kier alpha value is -2.75. The fraction of sp³-hybridized carbons (Fsp3) is 0.500. The number of carbonyl (C=O) groups excluding carboxylic acids is 1. The standard InChI is InChI=1S/C33H39N2SSi2.C17H32O2.Ir/c1-22-29-31(36-32(22)38(8,9)26-16-14-23(15-17-26)20-33(2,3)4)30(35-21-34-29)25-18-24-12-10-11-13-27(24)28(19-25)37(5,6)7;1-10(2)16(11(3)4)14(18)9-15(19)17(12(5)6)13(7)8;/h10-17,19,21H,20H2,1-9H3;9-13,16-18H,1-8H3;/q-1;;/b;14-9-;. The van der Waals surface area contributed by atoms with E-state index in [-0.39, 0.29) is 43.5 Å². The molecule has 0 aliphatic carbocycles. The zero-order valence-corrected chi connectivity index (χ0v) is 43.7. The van der Waals surface area contributed by atoms with Crippen molar-refractivity contribution in [3.05, 3.63) is 90.0 Å². The van der Waals surface area contributed by atoms with E-state index in [1.54, 1.807) is 6.33 Å². The molecule has 8 heteroatoms. The fourth-order valence-electron chi connectivity index (χ4n) is 8.79. The molecular weight excluding hydrogens is 941 g/mol. The molecule has 0 fully saturated rings. The van der Waals surface area contributed by atoms with E-state index in [1.165, 1.54) is 47.5 Å². The maximum Gasteiger partial charge on any atom is 0.162 e. The molecule has 5 rings (SSSR count). The molecule has 1 radical (unpaired) electrons. The Morgan fingerprint density at radius 1 is 0.828 bits per heavy atom. The van der Waals surface area contributed by atoms with Gasteiger partial charge in [0.15, 0.2) is 5.78 Å². The van der Waals surface area contributed by atoms with Crippen molar-refractivity contribution in [3.63, 3.8) is 0 Å². The number of allylic oxidation sites excluding steroid dienone is 2. The van der Waals surface area contributed by atoms with Crippen LogP contribution >= 0.6 is 11.3 Å². The first-order chi connectivity index (χ1) is 26.3. The van der Waals surface area contributed by atoms with E-state index in [4.69, 9.17) is 9.97 Å². The predicted molar refractivity (Wildman–Crippen MR) is 255 cm³/mol. The van der Waals surface area contributed by atoms with Crippen molar-refractivity contribution in [1.29, 1.82) is 0 Å². The van der Waals surface area contributed by atoms with E-state index < -0.39 is 16.1 Å². The number of ketones is 1. The van der Waals surface area contributed by atoms with Crippen LogP contribution in [-0.4, -0.2) is 37.0 Å². The summed E-state index contributed by atoms with van der Waals surface area (Å²) in [5.74, 6) is 1.63. The van der Waals surface area contributed by atoms with Crippen LogP contribution in [0.3, 0.4) is 0 Å². The van der Waals surface area contributed by atoms with Crippen LogP contribution in [0.15, 0.2) is 72.8 Å². The Morgan fingerprint density at radius 2 is 1.38 bits per heavy atom. The molecule has 1 N–H and O–H groups in total. The number of fused-ring (bicyclic) bond motifs is 2. The normalized spacial score (nSPS) is 13.0. The third-order valence-electron chi connectivity index (χ3n) is 11.4. The van der Waals surface area contributed by atoms with Crippen molar-refractivity contribution in [1.82, 2.24) is 9.97 Å². The summed E-state index contributed by atoms with van der Waals surface area (Å²) in [5, 5.41) is 15.7. The zero-order valence-electron chi connectivity index (χ0n) is 38.5. The number of aliphatic hydroxyl groups excluding tert-OH is 1. The summed E-state index contributed by atoms with van der Waals surface area (Å²) in [6.45, 7) is 38.0. The first-order valence-corrected chi connectivity index (χ1v) is 28.4. The van der Waals surface area contributed by atoms with Gasteiger partial charge in [-0.15, -0.1) is 40.1 Å². The quantitative estimate of drug-likeness (QED) is 0.0585. The summed E-state index contributed by atoms with van der Waals surface area (Å²) >= 11 is 1.91. The molecular formula is C50H71IrN2O2SSi2-. The smallest absolute Gasteiger partial charge is 0.162 e. The second kappa shape index (κ2) is 19.8. The van der Waals surface area contributed by atoms with Gasteiger partial charge in [-0.1, -0.05) is 167 Å². The summed E-state index contributed by atoms with van der Waals surface area (Å²) in [7, 11) is -3.51. The number of hydrogen-bond acceptors (Lipinski definition) is 5. The van der Waals surface area contributed by atoms with Gasteiger partial charge in [-0.3, -0.25) is 9.78 Å². The van der Waals surface area contributed by atoms with Crippen LogP contribution in [0.2, 0.25) is 32.7 Å². The minimum absolute atomic E-state index is 0. The maximum atomic E-state index is 12.3. The number of thiophene rings is 1. The molecule has 317 valence electrons. The Kier molecular flexibility index (Phi) is 16.9. The number of hydrogen-bond donors (Lipinski definition) is 1. The van der Waals surface area contributed by atoms with E-state index in [1.807, 2.05) is 11.3 Å². The van der Waals surface area contributed by atoms with E-state index in [2.05, 4.69) is 176 Å². The van der Waals surface area contributed by atoms with Gasteiger partial charge in [0.05, 0.1) is 19.3 Å². The zero-order chi connectivity index (χ0) is 42.8. The molecule has 0 bridgehead atoms. The van der Waals surface area contributed by atoms with Gasteiger partial charge in [-0.2, -0.15) is 0 Å². The van der Waals surface area contributed by atoms with Crippen molar-refractivity contribution in [3.8, 4) is 11.3 Å². The van der Waals surface area contributed by atoms with Gasteiger partial charge in [-0.05, 0) is 53.6 Å². The van der Waals surface area contributed by atoms with Crippen molar-refractivity contribution in [2.75, 3.05) is 0 Å². The van der Waals surface area contributed by atoms with Crippen LogP contribution in [0.5, 0.6) is 0 Å². The third kappa shape index (κ3) is 11.7. The number of rotatable bonds is 12. The van der Waals surface area contributed by atoms with Gasteiger partial charge in [0.25, 0.3) is 0 Å². The fourth-order valence-corrected chi connectivity index (χ4v) is 15.4. The first kappa shape index (κ1) is 49.6. The average molecular weight is 1010 g/mol. The van der Waals surface area contributed by atoms with Crippen LogP contribution in [-0.2, 0) is 31.3 Å². The monoisotopic (exact) mass is 1010 g/mol. The van der Waals surface area contributed by atoms with Crippen molar-refractivity contribution in [2.45, 2.75) is 122 Å². The van der Waals surface area contributed by atoms with E-state index in [0.29, 0.717) is 29.1 Å². The predicted octanol–water partition coefficient (Wildman–Crippen LogP) is 12.4. The largest absolute Gasteiger partial charge is 0.512 e. The van der Waals surface area contributed by atoms with Crippen molar-refractivity contribution in [2.24, 2.45) is 40.9 Å². The third-order valence-corrected chi connectivity index (χ3v) is 19.6. The molecule has 0 saturated heterocycles. The van der Waals surface area contributed by atoms with Gasteiger partial charge in [0.2, 0.25) is 0 Å². The number of nitrogens with zero attached hydrogens (tertiary/aromatic N) is 2. The molecule has 0 saturated carbocycles. The Balaban J connectivity index is 0.000000384. The van der Waals surface area contributed by atoms with Crippen LogP contribution in [0.25, 0.3) is 32.2 Å². The number of benzene rings is 3. The molecule has 3 aromatic carbocycles. The molecule has 0 aliphatic heterocycles. The minimum atomic E-state index is -1.93. The van der Waals surface area contributed by atoms with E-state index >= 15 is 0 Å². The minimum Gasteiger partial charge on any atom is -0.512 e. The number of carbonyl (C=O) groups is 1. The van der Waals surface area contributed by atoms with Crippen molar-refractivity contribution < 1.29 is 30.0 Å². The Morgan fingerprint density at radius 3 is 1.90 bits per heavy atom. The Labute approximate surface area is 371 Å². The van der Waals surface area contributed by atoms with Crippen LogP contribution in [0.1, 0.15) is 87.3 Å². The van der Waals surface area contributed by atoms with Crippen LogP contribution in [0.4, 0.5) is 0 Å². The van der Waals surface area contributed by atoms with Gasteiger partial charge < -0.3 is 5.11 Å². The maximum absolute atomic E-state index is 12.3. The van der Waals surface area contributed by atoms with E-state index in [9.17, 15) is 9.90 Å². The summed E-state index contributed by atoms with van der Waals surface area (Å²) in [4.78, 5) is 22.0. The summed E-state index contributed by atoms with van der Waals surface area (Å²) in [5.41, 5.74) is 6.22. The van der Waals surface area contributed by atoms with Gasteiger partial charge in [0, 0.05) is 52.9 Å². The molecule has 4 nitrogen and oxygen atoms in total. The molecule has 0 aliphatic rings. The van der Waals surface area contributed by atoms with Crippen molar-refractivity contribution >= 4 is 69.1 Å². The molecule has 5 aromatic rings. The summed E-state index contributed by atoms with van der Waals surface area (Å²) in [6, 6.07) is 24.2. The number of aliphatic hydroxyl groups is 1. The van der Waals surface area contributed by atoms with E-state index in [0.717, 1.165) is 23.2 Å². The summed E-state index contributed by atoms with van der Waals surface area (Å²) < 4.78 is 2.68. The Bertz CT molecular complexity index is 2170. The molecule has 58 heavy (non-hydrogen) atoms.